The minimum Gasteiger partial charge on any atom is -0.325 e. The van der Waals surface area contributed by atoms with Crippen LogP contribution in [0.4, 0.5) is 5.69 Å². The summed E-state index contributed by atoms with van der Waals surface area (Å²) in [6, 6.07) is 7.70. The summed E-state index contributed by atoms with van der Waals surface area (Å²) >= 11 is 0. The van der Waals surface area contributed by atoms with Crippen LogP contribution >= 0.6 is 0 Å². The molecule has 142 valence electrons. The fourth-order valence-corrected chi connectivity index (χ4v) is 3.17. The first-order chi connectivity index (χ1) is 12.5. The van der Waals surface area contributed by atoms with Crippen molar-refractivity contribution in [3.05, 3.63) is 41.6 Å². The molecule has 0 fully saturated rings. The Morgan fingerprint density at radius 2 is 1.85 bits per heavy atom. The quantitative estimate of drug-likeness (QED) is 0.774. The van der Waals surface area contributed by atoms with Gasteiger partial charge in [-0.05, 0) is 58.2 Å². The first kappa shape index (κ1) is 20.2. The smallest absolute Gasteiger partial charge is 0.240 e. The van der Waals surface area contributed by atoms with E-state index in [4.69, 9.17) is 0 Å². The van der Waals surface area contributed by atoms with Gasteiger partial charge in [-0.1, -0.05) is 30.7 Å². The number of hydrogen-bond acceptors (Lipinski definition) is 3. The van der Waals surface area contributed by atoms with E-state index in [1.54, 1.807) is 4.90 Å². The molecule has 26 heavy (non-hydrogen) atoms. The van der Waals surface area contributed by atoms with Gasteiger partial charge in [-0.2, -0.15) is 0 Å². The maximum atomic E-state index is 12.7. The van der Waals surface area contributed by atoms with Gasteiger partial charge in [0.2, 0.25) is 11.8 Å². The van der Waals surface area contributed by atoms with E-state index in [2.05, 4.69) is 18.3 Å². The largest absolute Gasteiger partial charge is 0.325 e. The van der Waals surface area contributed by atoms with Crippen LogP contribution in [-0.2, 0) is 9.59 Å². The third-order valence-electron chi connectivity index (χ3n) is 4.52. The number of benzene rings is 1. The van der Waals surface area contributed by atoms with E-state index < -0.39 is 0 Å². The summed E-state index contributed by atoms with van der Waals surface area (Å²) in [7, 11) is 1.81. The Balaban J connectivity index is 1.86. The molecule has 0 heterocycles. The van der Waals surface area contributed by atoms with Gasteiger partial charge in [0.15, 0.2) is 0 Å². The molecular formula is C21H31N3O2. The van der Waals surface area contributed by atoms with Gasteiger partial charge in [-0.3, -0.25) is 14.5 Å². The topological polar surface area (TPSA) is 52.7 Å². The number of allylic oxidation sites excluding steroid dienone is 2. The summed E-state index contributed by atoms with van der Waals surface area (Å²) in [5, 5.41) is 2.87. The average molecular weight is 357 g/mol. The molecule has 1 N–H and O–H groups in total. The predicted octanol–water partition coefficient (Wildman–Crippen LogP) is 3.56. The number of rotatable bonds is 8. The molecule has 0 saturated heterocycles. The van der Waals surface area contributed by atoms with E-state index in [0.29, 0.717) is 0 Å². The Morgan fingerprint density at radius 3 is 2.46 bits per heavy atom. The number of nitrogens with one attached hydrogen (secondary N) is 1. The van der Waals surface area contributed by atoms with Gasteiger partial charge in [0.25, 0.3) is 0 Å². The van der Waals surface area contributed by atoms with Crippen LogP contribution in [0.25, 0.3) is 0 Å². The lowest BCUT2D eigenvalue weighted by Crippen LogP contribution is -2.41. The number of likely N-dealkylation sites (N-methyl/N-ethyl adjacent to an activating group) is 1. The number of aryl methyl sites for hydroxylation is 1. The molecule has 0 spiro atoms. The third-order valence-corrected chi connectivity index (χ3v) is 4.52. The summed E-state index contributed by atoms with van der Waals surface area (Å²) < 4.78 is 0. The zero-order valence-corrected chi connectivity index (χ0v) is 16.3. The van der Waals surface area contributed by atoms with Crippen molar-refractivity contribution < 1.29 is 9.59 Å². The summed E-state index contributed by atoms with van der Waals surface area (Å²) in [5.41, 5.74) is 3.08. The molecule has 0 radical (unpaired) electrons. The fourth-order valence-electron chi connectivity index (χ4n) is 3.17. The lowest BCUT2D eigenvalue weighted by molar-refractivity contribution is -0.130. The van der Waals surface area contributed by atoms with E-state index in [9.17, 15) is 9.59 Å². The summed E-state index contributed by atoms with van der Waals surface area (Å²) in [5.74, 6) is -0.0336. The number of carbonyl (C=O) groups excluding carboxylic acids is 2. The predicted molar refractivity (Wildman–Crippen MR) is 106 cm³/mol. The first-order valence-corrected chi connectivity index (χ1v) is 9.54. The van der Waals surface area contributed by atoms with Crippen molar-refractivity contribution in [2.45, 2.75) is 46.0 Å². The summed E-state index contributed by atoms with van der Waals surface area (Å²) in [6.07, 6.45) is 7.51. The second-order valence-electron chi connectivity index (χ2n) is 7.07. The Hall–Kier alpha value is -2.14. The van der Waals surface area contributed by atoms with Gasteiger partial charge >= 0.3 is 0 Å². The maximum Gasteiger partial charge on any atom is 0.240 e. The lowest BCUT2D eigenvalue weighted by atomic mass is 10.0. The molecule has 0 atom stereocenters. The minimum atomic E-state index is -0.108. The van der Waals surface area contributed by atoms with Crippen molar-refractivity contribution in [2.24, 2.45) is 0 Å². The molecule has 1 aliphatic carbocycles. The number of nitrogens with zero attached hydrogens (tertiary/aromatic N) is 2. The molecule has 2 amide bonds. The maximum absolute atomic E-state index is 12.7. The number of hydrogen-bond donors (Lipinski definition) is 1. The summed E-state index contributed by atoms with van der Waals surface area (Å²) in [6.45, 7) is 5.28. The molecule has 0 saturated carbocycles. The molecule has 0 bridgehead atoms. The first-order valence-electron chi connectivity index (χ1n) is 9.54. The van der Waals surface area contributed by atoms with Crippen LogP contribution in [-0.4, -0.2) is 48.3 Å². The zero-order chi connectivity index (χ0) is 18.9. The molecule has 1 aromatic carbocycles. The highest BCUT2D eigenvalue weighted by Crippen LogP contribution is 2.21. The Kier molecular flexibility index (Phi) is 7.85. The molecule has 0 aromatic heterocycles. The average Bonchev–Trinajstić information content (AvgIpc) is 2.62. The highest BCUT2D eigenvalue weighted by atomic mass is 16.2. The number of amides is 2. The van der Waals surface area contributed by atoms with Crippen molar-refractivity contribution in [1.82, 2.24) is 9.80 Å². The Morgan fingerprint density at radius 1 is 1.12 bits per heavy atom. The monoisotopic (exact) mass is 357 g/mol. The van der Waals surface area contributed by atoms with Crippen LogP contribution in [0, 0.1) is 6.92 Å². The van der Waals surface area contributed by atoms with Gasteiger partial charge in [0.05, 0.1) is 13.1 Å². The standard InChI is InChI=1S/C21H31N3O2/c1-4-14-24(19-8-6-5-7-9-19)21(26)16-23(3)15-20(25)22-18-12-10-17(2)11-13-18/h8,10-13H,4-7,9,14-16H2,1-3H3,(H,22,25). The van der Waals surface area contributed by atoms with Crippen LogP contribution in [0.5, 0.6) is 0 Å². The van der Waals surface area contributed by atoms with Crippen molar-refractivity contribution in [1.29, 1.82) is 0 Å². The third kappa shape index (κ3) is 6.30. The molecular weight excluding hydrogens is 326 g/mol. The van der Waals surface area contributed by atoms with Crippen molar-refractivity contribution in [3.8, 4) is 0 Å². The summed E-state index contributed by atoms with van der Waals surface area (Å²) in [4.78, 5) is 28.6. The second-order valence-corrected chi connectivity index (χ2v) is 7.07. The normalized spacial score (nSPS) is 14.1. The van der Waals surface area contributed by atoms with Gasteiger partial charge < -0.3 is 10.2 Å². The van der Waals surface area contributed by atoms with E-state index in [-0.39, 0.29) is 24.9 Å². The van der Waals surface area contributed by atoms with Gasteiger partial charge in [0.1, 0.15) is 0 Å². The van der Waals surface area contributed by atoms with Crippen LogP contribution < -0.4 is 5.32 Å². The number of carbonyl (C=O) groups is 2. The van der Waals surface area contributed by atoms with Crippen molar-refractivity contribution in [3.63, 3.8) is 0 Å². The van der Waals surface area contributed by atoms with Crippen molar-refractivity contribution in [2.75, 3.05) is 32.0 Å². The van der Waals surface area contributed by atoms with E-state index in [0.717, 1.165) is 49.2 Å². The fraction of sp³-hybridized carbons (Fsp3) is 0.524. The Bertz CT molecular complexity index is 637. The molecule has 1 aliphatic rings. The Labute approximate surface area is 157 Å². The van der Waals surface area contributed by atoms with Crippen LogP contribution in [0.15, 0.2) is 36.0 Å². The van der Waals surface area contributed by atoms with Crippen LogP contribution in [0.2, 0.25) is 0 Å². The molecule has 0 unspecified atom stereocenters. The van der Waals surface area contributed by atoms with Gasteiger partial charge in [-0.25, -0.2) is 0 Å². The SMILES string of the molecule is CCCN(C(=O)CN(C)CC(=O)Nc1ccc(C)cc1)C1=CCCCC1. The molecule has 0 aliphatic heterocycles. The van der Waals surface area contributed by atoms with Gasteiger partial charge in [0, 0.05) is 17.9 Å². The van der Waals surface area contributed by atoms with Gasteiger partial charge in [-0.15, -0.1) is 0 Å². The zero-order valence-electron chi connectivity index (χ0n) is 16.3. The molecule has 2 rings (SSSR count). The van der Waals surface area contributed by atoms with Crippen molar-refractivity contribution >= 4 is 17.5 Å². The molecule has 1 aromatic rings. The lowest BCUT2D eigenvalue weighted by Gasteiger charge is -2.29. The number of anilines is 1. The van der Waals surface area contributed by atoms with E-state index in [1.165, 1.54) is 6.42 Å². The second kappa shape index (κ2) is 10.1. The highest BCUT2D eigenvalue weighted by Gasteiger charge is 2.20. The van der Waals surface area contributed by atoms with Crippen LogP contribution in [0.3, 0.4) is 0 Å². The highest BCUT2D eigenvalue weighted by molar-refractivity contribution is 5.92. The van der Waals surface area contributed by atoms with E-state index in [1.807, 2.05) is 43.1 Å². The minimum absolute atomic E-state index is 0.0747. The molecule has 5 heteroatoms. The molecule has 5 nitrogen and oxygen atoms in total. The van der Waals surface area contributed by atoms with Crippen LogP contribution in [0.1, 0.15) is 44.6 Å². The van der Waals surface area contributed by atoms with E-state index >= 15 is 0 Å².